The summed E-state index contributed by atoms with van der Waals surface area (Å²) in [6.07, 6.45) is 1.63. The van der Waals surface area contributed by atoms with Crippen molar-refractivity contribution in [3.8, 4) is 23.6 Å². The number of phenolic OH excluding ortho intramolecular Hbond substituents is 1. The molecule has 1 heterocycles. The molecule has 6 nitrogen and oxygen atoms in total. The van der Waals surface area contributed by atoms with Gasteiger partial charge in [-0.05, 0) is 46.6 Å². The van der Waals surface area contributed by atoms with Gasteiger partial charge < -0.3 is 9.84 Å². The largest absolute Gasteiger partial charge is 0.503 e. The predicted molar refractivity (Wildman–Crippen MR) is 94.1 cm³/mol. The van der Waals surface area contributed by atoms with Crippen molar-refractivity contribution in [2.45, 2.75) is 13.5 Å². The van der Waals surface area contributed by atoms with Crippen LogP contribution in [0, 0.1) is 22.7 Å². The van der Waals surface area contributed by atoms with E-state index < -0.39 is 0 Å². The molecule has 122 valence electrons. The van der Waals surface area contributed by atoms with E-state index in [1.54, 1.807) is 25.1 Å². The van der Waals surface area contributed by atoms with Gasteiger partial charge in [-0.3, -0.25) is 9.36 Å². The maximum atomic E-state index is 12.5. The van der Waals surface area contributed by atoms with Crippen molar-refractivity contribution in [3.63, 3.8) is 0 Å². The number of phenols is 1. The standard InChI is InChI=1S/C16H12BrN3O3S/c1-3-20-15(22)13(24-16(20)10(7-18)8-19)6-9-4-11(17)14(21)12(5-9)23-2/h4-6,21H,3H2,1-2H3/b13-6+. The summed E-state index contributed by atoms with van der Waals surface area (Å²) in [6.45, 7) is 2.13. The van der Waals surface area contributed by atoms with Crippen molar-refractivity contribution in [1.29, 1.82) is 10.5 Å². The summed E-state index contributed by atoms with van der Waals surface area (Å²) in [7, 11) is 1.43. The third-order valence-electron chi connectivity index (χ3n) is 3.23. The predicted octanol–water partition coefficient (Wildman–Crippen LogP) is 1.43. The summed E-state index contributed by atoms with van der Waals surface area (Å²) in [5.41, 5.74) is 0.270. The zero-order chi connectivity index (χ0) is 17.9. The van der Waals surface area contributed by atoms with Gasteiger partial charge in [-0.2, -0.15) is 10.5 Å². The summed E-state index contributed by atoms with van der Waals surface area (Å²) >= 11 is 4.31. The van der Waals surface area contributed by atoms with Crippen molar-refractivity contribution in [1.82, 2.24) is 4.57 Å². The highest BCUT2D eigenvalue weighted by Crippen LogP contribution is 2.35. The lowest BCUT2D eigenvalue weighted by Gasteiger charge is -2.06. The first-order chi connectivity index (χ1) is 11.5. The first-order valence-corrected chi connectivity index (χ1v) is 8.40. The SMILES string of the molecule is CCn1c(=C(C#N)C#N)s/c(=C/c2cc(Br)c(O)c(OC)c2)c1=O. The highest BCUT2D eigenvalue weighted by Gasteiger charge is 2.10. The molecule has 0 aliphatic carbocycles. The zero-order valence-corrected chi connectivity index (χ0v) is 15.2. The second kappa shape index (κ2) is 7.35. The van der Waals surface area contributed by atoms with Gasteiger partial charge in [-0.1, -0.05) is 0 Å². The minimum Gasteiger partial charge on any atom is -0.503 e. The van der Waals surface area contributed by atoms with E-state index >= 15 is 0 Å². The van der Waals surface area contributed by atoms with Crippen LogP contribution in [-0.2, 0) is 6.54 Å². The van der Waals surface area contributed by atoms with Crippen LogP contribution in [0.1, 0.15) is 12.5 Å². The third kappa shape index (κ3) is 3.21. The van der Waals surface area contributed by atoms with Crippen molar-refractivity contribution in [2.75, 3.05) is 7.11 Å². The molecule has 0 amide bonds. The smallest absolute Gasteiger partial charge is 0.269 e. The van der Waals surface area contributed by atoms with E-state index in [0.29, 0.717) is 25.8 Å². The van der Waals surface area contributed by atoms with Gasteiger partial charge in [0.15, 0.2) is 17.1 Å². The number of methoxy groups -OCH3 is 1. The van der Waals surface area contributed by atoms with Gasteiger partial charge in [-0.25, -0.2) is 0 Å². The molecule has 0 unspecified atom stereocenters. The first-order valence-electron chi connectivity index (χ1n) is 6.79. The maximum absolute atomic E-state index is 12.5. The fraction of sp³-hybridized carbons (Fsp3) is 0.188. The minimum atomic E-state index is -0.274. The Hall–Kier alpha value is -2.55. The molecule has 0 spiro atoms. The highest BCUT2D eigenvalue weighted by atomic mass is 79.9. The number of hydrogen-bond acceptors (Lipinski definition) is 6. The van der Waals surface area contributed by atoms with Crippen LogP contribution in [0.3, 0.4) is 0 Å². The van der Waals surface area contributed by atoms with Crippen molar-refractivity contribution < 1.29 is 9.84 Å². The molecule has 8 heteroatoms. The van der Waals surface area contributed by atoms with E-state index in [-0.39, 0.29) is 22.6 Å². The van der Waals surface area contributed by atoms with Crippen LogP contribution in [0.5, 0.6) is 11.5 Å². The van der Waals surface area contributed by atoms with Crippen molar-refractivity contribution >= 4 is 38.9 Å². The topological polar surface area (TPSA) is 99.0 Å². The molecular weight excluding hydrogens is 394 g/mol. The molecule has 24 heavy (non-hydrogen) atoms. The summed E-state index contributed by atoms with van der Waals surface area (Å²) in [4.78, 5) is 12.5. The number of nitrogens with zero attached hydrogens (tertiary/aromatic N) is 3. The van der Waals surface area contributed by atoms with Crippen molar-refractivity contribution in [2.24, 2.45) is 0 Å². The Bertz CT molecular complexity index is 1040. The Morgan fingerprint density at radius 2 is 2.12 bits per heavy atom. The van der Waals surface area contributed by atoms with Crippen LogP contribution in [0.2, 0.25) is 0 Å². The van der Waals surface area contributed by atoms with E-state index in [4.69, 9.17) is 15.3 Å². The normalized spacial score (nSPS) is 11.0. The van der Waals surface area contributed by atoms with Crippen LogP contribution in [-0.4, -0.2) is 16.8 Å². The number of aromatic hydroxyl groups is 1. The molecule has 0 aliphatic rings. The average Bonchev–Trinajstić information content (AvgIpc) is 2.87. The highest BCUT2D eigenvalue weighted by molar-refractivity contribution is 9.10. The number of ether oxygens (including phenoxy) is 1. The molecule has 1 aromatic carbocycles. The van der Waals surface area contributed by atoms with Gasteiger partial charge in [0.2, 0.25) is 0 Å². The number of nitriles is 2. The lowest BCUT2D eigenvalue weighted by Crippen LogP contribution is -2.31. The molecule has 2 rings (SSSR count). The Labute approximate surface area is 149 Å². The fourth-order valence-electron chi connectivity index (χ4n) is 2.10. The fourth-order valence-corrected chi connectivity index (χ4v) is 3.67. The molecule has 1 N–H and O–H groups in total. The first kappa shape index (κ1) is 17.8. The van der Waals surface area contributed by atoms with E-state index in [1.165, 1.54) is 11.7 Å². The van der Waals surface area contributed by atoms with Crippen LogP contribution in [0.25, 0.3) is 11.6 Å². The maximum Gasteiger partial charge on any atom is 0.269 e. The van der Waals surface area contributed by atoms with Gasteiger partial charge in [-0.15, -0.1) is 11.3 Å². The summed E-state index contributed by atoms with van der Waals surface area (Å²) < 4.78 is 7.63. The number of hydrogen-bond donors (Lipinski definition) is 1. The molecule has 0 atom stereocenters. The summed E-state index contributed by atoms with van der Waals surface area (Å²) in [6, 6.07) is 6.86. The van der Waals surface area contributed by atoms with E-state index in [9.17, 15) is 9.90 Å². The van der Waals surface area contributed by atoms with Crippen LogP contribution >= 0.6 is 27.3 Å². The average molecular weight is 406 g/mol. The summed E-state index contributed by atoms with van der Waals surface area (Å²) in [5, 5.41) is 27.9. The Morgan fingerprint density at radius 1 is 1.46 bits per heavy atom. The Morgan fingerprint density at radius 3 is 2.67 bits per heavy atom. The monoisotopic (exact) mass is 405 g/mol. The number of aromatic nitrogens is 1. The minimum absolute atomic E-state index is 0.0305. The molecule has 0 bridgehead atoms. The number of halogens is 1. The molecule has 0 fully saturated rings. The molecule has 0 radical (unpaired) electrons. The Balaban J connectivity index is 2.81. The van der Waals surface area contributed by atoms with Gasteiger partial charge in [0.05, 0.1) is 16.1 Å². The van der Waals surface area contributed by atoms with E-state index in [2.05, 4.69) is 15.9 Å². The molecule has 0 aliphatic heterocycles. The zero-order valence-electron chi connectivity index (χ0n) is 12.8. The number of rotatable bonds is 3. The van der Waals surface area contributed by atoms with Crippen LogP contribution in [0.4, 0.5) is 0 Å². The number of benzene rings is 1. The van der Waals surface area contributed by atoms with Gasteiger partial charge >= 0.3 is 0 Å². The van der Waals surface area contributed by atoms with Crippen LogP contribution < -0.4 is 19.5 Å². The van der Waals surface area contributed by atoms with Gasteiger partial charge in [0.25, 0.3) is 5.56 Å². The lowest BCUT2D eigenvalue weighted by atomic mass is 10.2. The summed E-state index contributed by atoms with van der Waals surface area (Å²) in [5.74, 6) is 0.238. The quantitative estimate of drug-likeness (QED) is 0.832. The molecule has 1 aromatic heterocycles. The second-order valence-corrected chi connectivity index (χ2v) is 6.50. The molecule has 0 saturated heterocycles. The third-order valence-corrected chi connectivity index (χ3v) is 4.96. The van der Waals surface area contributed by atoms with E-state index in [0.717, 1.165) is 11.3 Å². The number of thiazole rings is 1. The molecule has 0 saturated carbocycles. The van der Waals surface area contributed by atoms with Gasteiger partial charge in [0, 0.05) is 6.54 Å². The lowest BCUT2D eigenvalue weighted by molar-refractivity contribution is 0.372. The van der Waals surface area contributed by atoms with E-state index in [1.807, 2.05) is 12.1 Å². The molecular formula is C16H12BrN3O3S. The Kier molecular flexibility index (Phi) is 5.45. The van der Waals surface area contributed by atoms with Gasteiger partial charge in [0.1, 0.15) is 16.8 Å². The second-order valence-electron chi connectivity index (χ2n) is 4.62. The van der Waals surface area contributed by atoms with Crippen LogP contribution in [0.15, 0.2) is 21.4 Å². The van der Waals surface area contributed by atoms with Crippen molar-refractivity contribution in [3.05, 3.63) is 41.7 Å². The molecule has 2 aromatic rings.